The Bertz CT molecular complexity index is 377. The van der Waals surface area contributed by atoms with Gasteiger partial charge < -0.3 is 15.3 Å². The molecule has 5 nitrogen and oxygen atoms in total. The molecular formula is C15H26N2O3. The Hall–Kier alpha value is -1.26. The number of likely N-dealkylation sites (tertiary alicyclic amines) is 1. The maximum absolute atomic E-state index is 12.4. The zero-order valence-electron chi connectivity index (χ0n) is 12.5. The minimum Gasteiger partial charge on any atom is -0.480 e. The van der Waals surface area contributed by atoms with E-state index >= 15 is 0 Å². The molecular weight excluding hydrogens is 256 g/mol. The van der Waals surface area contributed by atoms with Crippen LogP contribution in [0.2, 0.25) is 0 Å². The van der Waals surface area contributed by atoms with Crippen molar-refractivity contribution < 1.29 is 14.7 Å². The number of carbonyl (C=O) groups excluding carboxylic acids is 1. The second-order valence-corrected chi connectivity index (χ2v) is 6.55. The molecule has 2 fully saturated rings. The number of rotatable bonds is 2. The highest BCUT2D eigenvalue weighted by Crippen LogP contribution is 2.29. The quantitative estimate of drug-likeness (QED) is 0.818. The van der Waals surface area contributed by atoms with Crippen molar-refractivity contribution in [3.63, 3.8) is 0 Å². The number of urea groups is 1. The van der Waals surface area contributed by atoms with Crippen LogP contribution in [0.1, 0.15) is 58.8 Å². The largest absolute Gasteiger partial charge is 0.480 e. The molecule has 1 saturated carbocycles. The van der Waals surface area contributed by atoms with Gasteiger partial charge >= 0.3 is 12.0 Å². The van der Waals surface area contributed by atoms with Gasteiger partial charge in [-0.15, -0.1) is 0 Å². The van der Waals surface area contributed by atoms with Crippen LogP contribution in [0.4, 0.5) is 4.79 Å². The minimum atomic E-state index is -1.04. The molecule has 2 rings (SSSR count). The van der Waals surface area contributed by atoms with E-state index in [0.717, 1.165) is 38.6 Å². The number of piperidine rings is 1. The van der Waals surface area contributed by atoms with Gasteiger partial charge in [0.25, 0.3) is 0 Å². The number of aliphatic carboxylic acids is 1. The SMILES string of the molecule is CC1CCN(C(=O)NC2(C(=O)O)CCCCC2)C(C)C1. The number of amides is 2. The molecule has 1 saturated heterocycles. The van der Waals surface area contributed by atoms with E-state index in [9.17, 15) is 14.7 Å². The van der Waals surface area contributed by atoms with Crippen molar-refractivity contribution in [1.29, 1.82) is 0 Å². The Morgan fingerprint density at radius 1 is 1.20 bits per heavy atom. The van der Waals surface area contributed by atoms with Gasteiger partial charge in [0.15, 0.2) is 0 Å². The molecule has 2 N–H and O–H groups in total. The lowest BCUT2D eigenvalue weighted by atomic mass is 9.81. The number of hydrogen-bond donors (Lipinski definition) is 2. The molecule has 0 bridgehead atoms. The molecule has 2 aliphatic rings. The fraction of sp³-hybridized carbons (Fsp3) is 0.867. The Morgan fingerprint density at radius 3 is 2.40 bits per heavy atom. The van der Waals surface area contributed by atoms with E-state index in [-0.39, 0.29) is 12.1 Å². The third kappa shape index (κ3) is 3.07. The maximum Gasteiger partial charge on any atom is 0.329 e. The Morgan fingerprint density at radius 2 is 1.85 bits per heavy atom. The van der Waals surface area contributed by atoms with E-state index < -0.39 is 11.5 Å². The topological polar surface area (TPSA) is 69.6 Å². The van der Waals surface area contributed by atoms with Gasteiger partial charge in [0, 0.05) is 12.6 Å². The van der Waals surface area contributed by atoms with Gasteiger partial charge in [0.1, 0.15) is 5.54 Å². The number of carboxylic acid groups (broad SMARTS) is 1. The van der Waals surface area contributed by atoms with Crippen molar-refractivity contribution in [3.05, 3.63) is 0 Å². The van der Waals surface area contributed by atoms with Crippen molar-refractivity contribution in [1.82, 2.24) is 10.2 Å². The summed E-state index contributed by atoms with van der Waals surface area (Å²) in [6, 6.07) is -0.0121. The standard InChI is InChI=1S/C15H26N2O3/c1-11-6-9-17(12(2)10-11)14(20)16-15(13(18)19)7-4-3-5-8-15/h11-12H,3-10H2,1-2H3,(H,16,20)(H,18,19). The van der Waals surface area contributed by atoms with E-state index in [1.807, 2.05) is 6.92 Å². The van der Waals surface area contributed by atoms with Crippen LogP contribution < -0.4 is 5.32 Å². The number of nitrogens with zero attached hydrogens (tertiary/aromatic N) is 1. The molecule has 0 radical (unpaired) electrons. The van der Waals surface area contributed by atoms with E-state index in [1.165, 1.54) is 0 Å². The Labute approximate surface area is 120 Å². The van der Waals surface area contributed by atoms with E-state index in [4.69, 9.17) is 0 Å². The third-order valence-electron chi connectivity index (χ3n) is 4.86. The van der Waals surface area contributed by atoms with Gasteiger partial charge in [-0.2, -0.15) is 0 Å². The summed E-state index contributed by atoms with van der Waals surface area (Å²) in [5.41, 5.74) is -1.04. The molecule has 0 aromatic heterocycles. The first kappa shape index (κ1) is 15.1. The lowest BCUT2D eigenvalue weighted by Gasteiger charge is -2.40. The molecule has 1 heterocycles. The van der Waals surface area contributed by atoms with Crippen molar-refractivity contribution in [2.24, 2.45) is 5.92 Å². The third-order valence-corrected chi connectivity index (χ3v) is 4.86. The molecule has 1 aliphatic carbocycles. The van der Waals surface area contributed by atoms with Crippen LogP contribution in [0.15, 0.2) is 0 Å². The molecule has 2 amide bonds. The van der Waals surface area contributed by atoms with Crippen LogP contribution >= 0.6 is 0 Å². The average Bonchev–Trinajstić information content (AvgIpc) is 2.39. The molecule has 2 unspecified atom stereocenters. The predicted molar refractivity (Wildman–Crippen MR) is 76.5 cm³/mol. The number of hydrogen-bond acceptors (Lipinski definition) is 2. The number of carboxylic acids is 1. The van der Waals surface area contributed by atoms with Crippen LogP contribution in [-0.4, -0.2) is 40.1 Å². The fourth-order valence-electron chi connectivity index (χ4n) is 3.53. The highest BCUT2D eigenvalue weighted by atomic mass is 16.4. The summed E-state index contributed by atoms with van der Waals surface area (Å²) >= 11 is 0. The zero-order chi connectivity index (χ0) is 14.8. The maximum atomic E-state index is 12.4. The van der Waals surface area contributed by atoms with Gasteiger partial charge in [-0.1, -0.05) is 26.2 Å². The lowest BCUT2D eigenvalue weighted by Crippen LogP contribution is -2.60. The summed E-state index contributed by atoms with van der Waals surface area (Å²) in [6.07, 6.45) is 5.89. The van der Waals surface area contributed by atoms with E-state index in [2.05, 4.69) is 12.2 Å². The van der Waals surface area contributed by atoms with Gasteiger partial charge in [0.2, 0.25) is 0 Å². The lowest BCUT2D eigenvalue weighted by molar-refractivity contribution is -0.146. The first-order chi connectivity index (χ1) is 9.44. The second kappa shape index (κ2) is 6.02. The number of carbonyl (C=O) groups is 2. The van der Waals surface area contributed by atoms with E-state index in [0.29, 0.717) is 18.8 Å². The van der Waals surface area contributed by atoms with Crippen LogP contribution in [0, 0.1) is 5.92 Å². The molecule has 20 heavy (non-hydrogen) atoms. The summed E-state index contributed by atoms with van der Waals surface area (Å²) in [5, 5.41) is 12.3. The smallest absolute Gasteiger partial charge is 0.329 e. The summed E-state index contributed by atoms with van der Waals surface area (Å²) < 4.78 is 0. The van der Waals surface area contributed by atoms with Gasteiger partial charge in [-0.05, 0) is 38.5 Å². The molecule has 2 atom stereocenters. The summed E-state index contributed by atoms with van der Waals surface area (Å²) in [5.74, 6) is -0.249. The molecule has 0 spiro atoms. The van der Waals surface area contributed by atoms with Crippen molar-refractivity contribution in [2.75, 3.05) is 6.54 Å². The van der Waals surface area contributed by atoms with Gasteiger partial charge in [-0.25, -0.2) is 9.59 Å². The fourth-order valence-corrected chi connectivity index (χ4v) is 3.53. The van der Waals surface area contributed by atoms with Crippen LogP contribution in [-0.2, 0) is 4.79 Å². The Balaban J connectivity index is 2.03. The van der Waals surface area contributed by atoms with Crippen LogP contribution in [0.3, 0.4) is 0 Å². The predicted octanol–water partition coefficient (Wildman–Crippen LogP) is 2.60. The monoisotopic (exact) mass is 282 g/mol. The highest BCUT2D eigenvalue weighted by molar-refractivity contribution is 5.86. The average molecular weight is 282 g/mol. The summed E-state index contributed by atoms with van der Waals surface area (Å²) in [7, 11) is 0. The molecule has 114 valence electrons. The normalized spacial score (nSPS) is 29.8. The van der Waals surface area contributed by atoms with E-state index in [1.54, 1.807) is 4.90 Å². The van der Waals surface area contributed by atoms with Gasteiger partial charge in [0.05, 0.1) is 0 Å². The zero-order valence-corrected chi connectivity index (χ0v) is 12.5. The number of nitrogens with one attached hydrogen (secondary N) is 1. The first-order valence-corrected chi connectivity index (χ1v) is 7.77. The van der Waals surface area contributed by atoms with Gasteiger partial charge in [-0.3, -0.25) is 0 Å². The molecule has 0 aromatic carbocycles. The first-order valence-electron chi connectivity index (χ1n) is 7.77. The van der Waals surface area contributed by atoms with Crippen LogP contribution in [0.25, 0.3) is 0 Å². The molecule has 5 heteroatoms. The molecule has 1 aliphatic heterocycles. The molecule has 0 aromatic rings. The summed E-state index contributed by atoms with van der Waals surface area (Å²) in [4.78, 5) is 25.8. The second-order valence-electron chi connectivity index (χ2n) is 6.55. The minimum absolute atomic E-state index is 0.188. The van der Waals surface area contributed by atoms with Crippen molar-refractivity contribution >= 4 is 12.0 Å². The summed E-state index contributed by atoms with van der Waals surface area (Å²) in [6.45, 7) is 4.97. The van der Waals surface area contributed by atoms with Crippen LogP contribution in [0.5, 0.6) is 0 Å². The Kier molecular flexibility index (Phi) is 4.55. The highest BCUT2D eigenvalue weighted by Gasteiger charge is 2.42. The van der Waals surface area contributed by atoms with Crippen molar-refractivity contribution in [2.45, 2.75) is 70.4 Å². The van der Waals surface area contributed by atoms with Crippen molar-refractivity contribution in [3.8, 4) is 0 Å².